The fraction of sp³-hybridized carbons (Fsp3) is 0. The normalized spacial score (nSPS) is 11.4. The van der Waals surface area contributed by atoms with Gasteiger partial charge in [-0.15, -0.1) is 0 Å². The second-order valence-electron chi connectivity index (χ2n) is 1.84. The molecule has 0 fully saturated rings. The highest BCUT2D eigenvalue weighted by Gasteiger charge is 1.92. The van der Waals surface area contributed by atoms with Crippen molar-refractivity contribution in [2.75, 3.05) is 0 Å². The lowest BCUT2D eigenvalue weighted by Gasteiger charge is -1.95. The second kappa shape index (κ2) is 2.87. The fourth-order valence-corrected chi connectivity index (χ4v) is 0.619. The van der Waals surface area contributed by atoms with Crippen molar-refractivity contribution in [2.45, 2.75) is 0 Å². The topological polar surface area (TPSA) is 64.9 Å². The van der Waals surface area contributed by atoms with Gasteiger partial charge in [0.05, 0.1) is 11.4 Å². The fourth-order valence-electron chi connectivity index (χ4n) is 0.619. The van der Waals surface area contributed by atoms with Crippen LogP contribution in [0.1, 0.15) is 7.12 Å². The first kappa shape index (κ1) is 6.61. The third-order valence-corrected chi connectivity index (χ3v) is 1.14. The molecule has 0 saturated heterocycles. The third-order valence-electron chi connectivity index (χ3n) is 1.14. The summed E-state index contributed by atoms with van der Waals surface area (Å²) in [7, 11) is 0. The van der Waals surface area contributed by atoms with Gasteiger partial charge in [0.2, 0.25) is 0 Å². The third kappa shape index (κ3) is 1.25. The Bertz CT molecular complexity index is 233. The zero-order valence-electron chi connectivity index (χ0n) is 5.49. The van der Waals surface area contributed by atoms with Crippen LogP contribution >= 0.6 is 0 Å². The summed E-state index contributed by atoms with van der Waals surface area (Å²) in [5.74, 6) is 0. The van der Waals surface area contributed by atoms with E-state index >= 15 is 0 Å². The van der Waals surface area contributed by atoms with Gasteiger partial charge in [0, 0.05) is 13.8 Å². The highest BCUT2D eigenvalue weighted by atomic mass is 14.7. The molecular formula is C7H11N3. The monoisotopic (exact) mass is 137 g/mol. The van der Waals surface area contributed by atoms with Crippen LogP contribution in [0.25, 0.3) is 5.70 Å². The van der Waals surface area contributed by atoms with Crippen molar-refractivity contribution < 1.29 is 1.43 Å². The van der Waals surface area contributed by atoms with E-state index in [1.54, 1.807) is 12.3 Å². The molecule has 0 spiro atoms. The van der Waals surface area contributed by atoms with Crippen LogP contribution in [0.15, 0.2) is 30.6 Å². The van der Waals surface area contributed by atoms with Crippen molar-refractivity contribution in [1.29, 1.82) is 0 Å². The van der Waals surface area contributed by atoms with Crippen molar-refractivity contribution in [1.82, 2.24) is 4.98 Å². The number of nitrogens with two attached hydrogens (primary N) is 2. The molecule has 10 heavy (non-hydrogen) atoms. The summed E-state index contributed by atoms with van der Waals surface area (Å²) < 4.78 is 0. The first-order valence-electron chi connectivity index (χ1n) is 2.93. The molecule has 0 atom stereocenters. The zero-order chi connectivity index (χ0) is 7.40. The lowest BCUT2D eigenvalue weighted by Crippen LogP contribution is -2.00. The van der Waals surface area contributed by atoms with Crippen LogP contribution in [-0.2, 0) is 0 Å². The molecule has 54 valence electrons. The lowest BCUT2D eigenvalue weighted by atomic mass is 10.3. The number of hydrogen-bond donors (Lipinski definition) is 2. The van der Waals surface area contributed by atoms with Gasteiger partial charge in [-0.25, -0.2) is 0 Å². The molecule has 1 rings (SSSR count). The number of rotatable bonds is 1. The lowest BCUT2D eigenvalue weighted by molar-refractivity contribution is 1.25. The summed E-state index contributed by atoms with van der Waals surface area (Å²) in [4.78, 5) is 3.98. The summed E-state index contributed by atoms with van der Waals surface area (Å²) in [5.41, 5.74) is 11.9. The molecule has 0 aliphatic carbocycles. The van der Waals surface area contributed by atoms with Crippen LogP contribution < -0.4 is 11.5 Å². The van der Waals surface area contributed by atoms with E-state index in [4.69, 9.17) is 11.5 Å². The van der Waals surface area contributed by atoms with E-state index in [2.05, 4.69) is 4.98 Å². The molecule has 3 nitrogen and oxygen atoms in total. The molecule has 0 aromatic carbocycles. The van der Waals surface area contributed by atoms with Crippen LogP contribution in [0.2, 0.25) is 0 Å². The number of pyridine rings is 1. The maximum atomic E-state index is 5.47. The first-order valence-corrected chi connectivity index (χ1v) is 2.93. The summed E-state index contributed by atoms with van der Waals surface area (Å²) in [6.45, 7) is 0. The van der Waals surface area contributed by atoms with Crippen LogP contribution in [0.3, 0.4) is 0 Å². The summed E-state index contributed by atoms with van der Waals surface area (Å²) in [6, 6.07) is 5.49. The predicted octanol–water partition coefficient (Wildman–Crippen LogP) is 0.543. The average Bonchev–Trinajstić information content (AvgIpc) is 2.05. The Morgan fingerprint density at radius 3 is 2.90 bits per heavy atom. The Balaban J connectivity index is 0.000001000. The molecule has 0 saturated carbocycles. The molecule has 3 heteroatoms. The van der Waals surface area contributed by atoms with E-state index in [9.17, 15) is 0 Å². The summed E-state index contributed by atoms with van der Waals surface area (Å²) in [5, 5.41) is 0. The highest BCUT2D eigenvalue weighted by molar-refractivity contribution is 5.57. The first-order chi connectivity index (χ1) is 4.84. The Morgan fingerprint density at radius 1 is 1.60 bits per heavy atom. The van der Waals surface area contributed by atoms with E-state index in [0.717, 1.165) is 0 Å². The average molecular weight is 137 g/mol. The van der Waals surface area contributed by atoms with Gasteiger partial charge in [-0.3, -0.25) is 4.98 Å². The molecule has 0 aliphatic heterocycles. The van der Waals surface area contributed by atoms with Gasteiger partial charge in [0.15, 0.2) is 0 Å². The summed E-state index contributed by atoms with van der Waals surface area (Å²) in [6.07, 6.45) is 3.01. The van der Waals surface area contributed by atoms with Crippen molar-refractivity contribution in [3.63, 3.8) is 0 Å². The molecule has 1 aromatic heterocycles. The molecule has 0 bridgehead atoms. The van der Waals surface area contributed by atoms with Gasteiger partial charge in [0.25, 0.3) is 0 Å². The molecule has 1 heterocycles. The standard InChI is InChI=1S/C7H9N3.H2/c8-5-6(9)7-3-1-2-4-10-7;/h1-5H,8-9H2;1H/b6-5+;. The van der Waals surface area contributed by atoms with Crippen LogP contribution in [-0.4, -0.2) is 4.98 Å². The SMILES string of the molecule is N/C=C(/N)c1ccccn1.[HH]. The van der Waals surface area contributed by atoms with Gasteiger partial charge in [-0.1, -0.05) is 6.07 Å². The van der Waals surface area contributed by atoms with Gasteiger partial charge in [0.1, 0.15) is 0 Å². The molecular weight excluding hydrogens is 126 g/mol. The Morgan fingerprint density at radius 2 is 2.40 bits per heavy atom. The van der Waals surface area contributed by atoms with Gasteiger partial charge < -0.3 is 11.5 Å². The van der Waals surface area contributed by atoms with Crippen molar-refractivity contribution >= 4 is 5.70 Å². The number of hydrogen-bond acceptors (Lipinski definition) is 3. The second-order valence-corrected chi connectivity index (χ2v) is 1.84. The number of nitrogens with zero attached hydrogens (tertiary/aromatic N) is 1. The van der Waals surface area contributed by atoms with E-state index in [1.165, 1.54) is 6.20 Å². The highest BCUT2D eigenvalue weighted by Crippen LogP contribution is 2.00. The minimum absolute atomic E-state index is 0. The van der Waals surface area contributed by atoms with Gasteiger partial charge >= 0.3 is 0 Å². The van der Waals surface area contributed by atoms with Gasteiger partial charge in [-0.2, -0.15) is 0 Å². The number of aromatic nitrogens is 1. The van der Waals surface area contributed by atoms with E-state index in [1.807, 2.05) is 12.1 Å². The largest absolute Gasteiger partial charge is 0.403 e. The van der Waals surface area contributed by atoms with Crippen LogP contribution in [0, 0.1) is 0 Å². The van der Waals surface area contributed by atoms with Crippen molar-refractivity contribution in [3.8, 4) is 0 Å². The summed E-state index contributed by atoms with van der Waals surface area (Å²) >= 11 is 0. The van der Waals surface area contributed by atoms with Crippen LogP contribution in [0.5, 0.6) is 0 Å². The van der Waals surface area contributed by atoms with Crippen LogP contribution in [0.4, 0.5) is 0 Å². The molecule has 0 amide bonds. The van der Waals surface area contributed by atoms with E-state index in [-0.39, 0.29) is 1.43 Å². The maximum Gasteiger partial charge on any atom is 0.0873 e. The molecule has 0 unspecified atom stereocenters. The van der Waals surface area contributed by atoms with Crippen molar-refractivity contribution in [2.24, 2.45) is 11.5 Å². The minimum atomic E-state index is 0. The minimum Gasteiger partial charge on any atom is -0.403 e. The predicted molar refractivity (Wildman–Crippen MR) is 42.7 cm³/mol. The van der Waals surface area contributed by atoms with Crippen molar-refractivity contribution in [3.05, 3.63) is 36.3 Å². The maximum absolute atomic E-state index is 5.47. The Hall–Kier alpha value is -1.51. The Kier molecular flexibility index (Phi) is 1.89. The molecule has 4 N–H and O–H groups in total. The molecule has 0 aliphatic rings. The molecule has 1 aromatic rings. The molecule has 0 radical (unpaired) electrons. The Labute approximate surface area is 60.9 Å². The van der Waals surface area contributed by atoms with E-state index < -0.39 is 0 Å². The zero-order valence-corrected chi connectivity index (χ0v) is 5.49. The van der Waals surface area contributed by atoms with E-state index in [0.29, 0.717) is 11.4 Å². The van der Waals surface area contributed by atoms with Gasteiger partial charge in [-0.05, 0) is 12.1 Å². The smallest absolute Gasteiger partial charge is 0.0873 e. The quantitative estimate of drug-likeness (QED) is 0.593.